The van der Waals surface area contributed by atoms with E-state index in [2.05, 4.69) is 0 Å². The van der Waals surface area contributed by atoms with Gasteiger partial charge in [-0.1, -0.05) is 0 Å². The Morgan fingerprint density at radius 2 is 1.73 bits per heavy atom. The molecule has 0 aromatic carbocycles. The van der Waals surface area contributed by atoms with Crippen LogP contribution in [-0.4, -0.2) is 31.2 Å². The Labute approximate surface area is 88.0 Å². The summed E-state index contributed by atoms with van der Waals surface area (Å²) in [6.45, 7) is 0. The topological polar surface area (TPSA) is 61.1 Å². The van der Waals surface area contributed by atoms with E-state index >= 15 is 0 Å². The summed E-state index contributed by atoms with van der Waals surface area (Å²) < 4.78 is 13.8. The summed E-state index contributed by atoms with van der Waals surface area (Å²) in [5.41, 5.74) is -0.427. The summed E-state index contributed by atoms with van der Waals surface area (Å²) in [6.07, 6.45) is 3.10. The molecule has 0 spiro atoms. The Morgan fingerprint density at radius 3 is 2.20 bits per heavy atom. The van der Waals surface area contributed by atoms with Crippen LogP contribution >= 0.6 is 0 Å². The van der Waals surface area contributed by atoms with Gasteiger partial charge in [0.2, 0.25) is 0 Å². The van der Waals surface area contributed by atoms with Crippen LogP contribution in [0.4, 0.5) is 0 Å². The molecular formula is C9H14N2O3S. The minimum atomic E-state index is -2.13. The first-order valence-electron chi connectivity index (χ1n) is 4.28. The maximum absolute atomic E-state index is 11.5. The van der Waals surface area contributed by atoms with Crippen molar-refractivity contribution >= 4 is 14.9 Å². The zero-order valence-corrected chi connectivity index (χ0v) is 10.00. The van der Waals surface area contributed by atoms with Crippen molar-refractivity contribution in [3.8, 4) is 0 Å². The summed E-state index contributed by atoms with van der Waals surface area (Å²) >= 11 is 0. The van der Waals surface area contributed by atoms with Crippen LogP contribution in [0.15, 0.2) is 15.7 Å². The Morgan fingerprint density at radius 1 is 1.20 bits per heavy atom. The van der Waals surface area contributed by atoms with Gasteiger partial charge >= 0.3 is 5.69 Å². The summed E-state index contributed by atoms with van der Waals surface area (Å²) in [5.74, 6) is 0. The van der Waals surface area contributed by atoms with Crippen LogP contribution in [0.25, 0.3) is 0 Å². The average Bonchev–Trinajstić information content (AvgIpc) is 2.08. The normalized spacial score (nSPS) is 11.5. The fourth-order valence-corrected chi connectivity index (χ4v) is 1.96. The number of rotatable bonds is 1. The molecule has 5 nitrogen and oxygen atoms in total. The van der Waals surface area contributed by atoms with Crippen molar-refractivity contribution in [2.75, 3.05) is 12.5 Å². The molecule has 0 unspecified atom stereocenters. The van der Waals surface area contributed by atoms with E-state index in [9.17, 15) is 13.8 Å². The van der Waals surface area contributed by atoms with Crippen molar-refractivity contribution in [2.24, 2.45) is 14.1 Å². The van der Waals surface area contributed by atoms with Gasteiger partial charge in [-0.05, 0) is 9.52 Å². The monoisotopic (exact) mass is 230 g/mol. The number of hydrogen-bond donors (Lipinski definition) is 0. The van der Waals surface area contributed by atoms with Crippen LogP contribution in [0.1, 0.15) is 5.69 Å². The molecule has 0 amide bonds. The molecule has 0 atom stereocenters. The molecule has 0 aliphatic heterocycles. The molecule has 0 bridgehead atoms. The SMILES string of the molecule is Cn1c(C=S(C)(C)=O)cc(=O)n(C)c1=O. The molecule has 1 heterocycles. The fraction of sp³-hybridized carbons (Fsp3) is 0.444. The van der Waals surface area contributed by atoms with Gasteiger partial charge in [-0.25, -0.2) is 4.79 Å². The molecule has 1 aromatic heterocycles. The minimum Gasteiger partial charge on any atom is -0.296 e. The standard InChI is InChI=1S/C9H14N2O3S/c1-10-7(6-15(3,4)14)5-8(12)11(2)9(10)13/h5-6H,1-4H3. The predicted molar refractivity (Wildman–Crippen MR) is 62.1 cm³/mol. The van der Waals surface area contributed by atoms with E-state index in [4.69, 9.17) is 0 Å². The van der Waals surface area contributed by atoms with Crippen LogP contribution in [0.3, 0.4) is 0 Å². The minimum absolute atomic E-state index is 0.387. The molecule has 0 fully saturated rings. The second-order valence-corrected chi connectivity index (χ2v) is 6.59. The van der Waals surface area contributed by atoms with Gasteiger partial charge in [-0.3, -0.25) is 18.1 Å². The second kappa shape index (κ2) is 3.69. The first-order valence-corrected chi connectivity index (χ1v) is 6.72. The van der Waals surface area contributed by atoms with Crippen molar-refractivity contribution < 1.29 is 4.21 Å². The Hall–Kier alpha value is -1.30. The molecule has 0 saturated carbocycles. The molecule has 0 saturated heterocycles. The number of hydrogen-bond acceptors (Lipinski definition) is 3. The first-order chi connectivity index (χ1) is 6.72. The van der Waals surface area contributed by atoms with E-state index in [0.717, 1.165) is 4.57 Å². The lowest BCUT2D eigenvalue weighted by Crippen LogP contribution is -2.38. The third-order valence-electron chi connectivity index (χ3n) is 1.97. The molecule has 0 aliphatic rings. The lowest BCUT2D eigenvalue weighted by Gasteiger charge is -2.06. The Bertz CT molecular complexity index is 607. The van der Waals surface area contributed by atoms with Gasteiger partial charge in [0.05, 0.1) is 5.69 Å². The van der Waals surface area contributed by atoms with Gasteiger partial charge in [-0.15, -0.1) is 0 Å². The van der Waals surface area contributed by atoms with Crippen molar-refractivity contribution in [1.82, 2.24) is 9.13 Å². The van der Waals surface area contributed by atoms with Gasteiger partial charge in [0.15, 0.2) is 0 Å². The number of aromatic nitrogens is 2. The zero-order valence-electron chi connectivity index (χ0n) is 9.18. The first kappa shape index (κ1) is 11.8. The van der Waals surface area contributed by atoms with Gasteiger partial charge in [0.1, 0.15) is 0 Å². The van der Waals surface area contributed by atoms with Crippen LogP contribution in [-0.2, 0) is 23.6 Å². The maximum Gasteiger partial charge on any atom is 0.330 e. The Kier molecular flexibility index (Phi) is 2.90. The second-order valence-electron chi connectivity index (χ2n) is 3.74. The summed E-state index contributed by atoms with van der Waals surface area (Å²) in [4.78, 5) is 22.8. The highest BCUT2D eigenvalue weighted by molar-refractivity contribution is 8.00. The van der Waals surface area contributed by atoms with E-state index in [0.29, 0.717) is 5.69 Å². The largest absolute Gasteiger partial charge is 0.330 e. The molecular weight excluding hydrogens is 216 g/mol. The van der Waals surface area contributed by atoms with Crippen molar-refractivity contribution in [3.63, 3.8) is 0 Å². The summed E-state index contributed by atoms with van der Waals surface area (Å²) in [6, 6.07) is 1.30. The van der Waals surface area contributed by atoms with E-state index in [1.54, 1.807) is 19.6 Å². The smallest absolute Gasteiger partial charge is 0.296 e. The third-order valence-corrected chi connectivity index (χ3v) is 2.78. The molecule has 84 valence electrons. The maximum atomic E-state index is 11.5. The van der Waals surface area contributed by atoms with E-state index in [-0.39, 0.29) is 0 Å². The molecule has 1 aromatic rings. The molecule has 6 heteroatoms. The molecule has 15 heavy (non-hydrogen) atoms. The third kappa shape index (κ3) is 2.59. The van der Waals surface area contributed by atoms with Gasteiger partial charge in [-0.2, -0.15) is 0 Å². The predicted octanol–water partition coefficient (Wildman–Crippen LogP) is -1.22. The highest BCUT2D eigenvalue weighted by Gasteiger charge is 2.04. The Balaban J connectivity index is 3.70. The number of nitrogens with zero attached hydrogens (tertiary/aromatic N) is 2. The zero-order chi connectivity index (χ0) is 11.8. The fourth-order valence-electron chi connectivity index (χ4n) is 1.15. The van der Waals surface area contributed by atoms with E-state index in [1.165, 1.54) is 23.0 Å². The van der Waals surface area contributed by atoms with Crippen LogP contribution in [0.2, 0.25) is 0 Å². The van der Waals surface area contributed by atoms with Gasteiger partial charge in [0, 0.05) is 38.0 Å². The highest BCUT2D eigenvalue weighted by atomic mass is 32.2. The van der Waals surface area contributed by atoms with Crippen molar-refractivity contribution in [1.29, 1.82) is 0 Å². The van der Waals surface area contributed by atoms with E-state index < -0.39 is 20.8 Å². The molecule has 0 aliphatic carbocycles. The summed E-state index contributed by atoms with van der Waals surface area (Å²) in [5, 5.41) is 1.44. The summed E-state index contributed by atoms with van der Waals surface area (Å²) in [7, 11) is 0.818. The quantitative estimate of drug-likeness (QED) is 0.568. The van der Waals surface area contributed by atoms with Gasteiger partial charge in [0.25, 0.3) is 5.56 Å². The van der Waals surface area contributed by atoms with Crippen molar-refractivity contribution in [2.45, 2.75) is 0 Å². The molecule has 0 N–H and O–H groups in total. The van der Waals surface area contributed by atoms with Crippen molar-refractivity contribution in [3.05, 3.63) is 32.6 Å². The molecule has 0 radical (unpaired) electrons. The van der Waals surface area contributed by atoms with Crippen LogP contribution < -0.4 is 11.2 Å². The highest BCUT2D eigenvalue weighted by Crippen LogP contribution is 1.88. The molecule has 1 rings (SSSR count). The van der Waals surface area contributed by atoms with E-state index in [1.807, 2.05) is 0 Å². The lowest BCUT2D eigenvalue weighted by molar-refractivity contribution is 0.680. The lowest BCUT2D eigenvalue weighted by atomic mass is 10.4. The van der Waals surface area contributed by atoms with Crippen LogP contribution in [0, 0.1) is 0 Å². The van der Waals surface area contributed by atoms with Crippen LogP contribution in [0.5, 0.6) is 0 Å². The van der Waals surface area contributed by atoms with Gasteiger partial charge < -0.3 is 0 Å². The average molecular weight is 230 g/mol.